The van der Waals surface area contributed by atoms with Crippen molar-refractivity contribution >= 4 is 38.3 Å². The second-order valence-corrected chi connectivity index (χ2v) is 8.71. The fourth-order valence-electron chi connectivity index (χ4n) is 2.24. The molecule has 0 aliphatic rings. The van der Waals surface area contributed by atoms with Crippen LogP contribution in [0.1, 0.15) is 18.5 Å². The lowest BCUT2D eigenvalue weighted by Gasteiger charge is -2.04. The highest BCUT2D eigenvalue weighted by molar-refractivity contribution is 7.90. The van der Waals surface area contributed by atoms with Gasteiger partial charge in [-0.1, -0.05) is 17.4 Å². The number of rotatable bonds is 7. The Morgan fingerprint density at radius 1 is 1.33 bits per heavy atom. The van der Waals surface area contributed by atoms with Gasteiger partial charge in [0, 0.05) is 19.2 Å². The minimum atomic E-state index is -3.66. The van der Waals surface area contributed by atoms with Crippen LogP contribution in [0.15, 0.2) is 23.1 Å². The second kappa shape index (κ2) is 8.44. The monoisotopic (exact) mass is 415 g/mol. The molecular weight excluding hydrogens is 397 g/mol. The fourth-order valence-corrected chi connectivity index (χ4v) is 3.93. The van der Waals surface area contributed by atoms with Gasteiger partial charge in [-0.15, -0.1) is 0 Å². The van der Waals surface area contributed by atoms with Crippen molar-refractivity contribution in [1.82, 2.24) is 10.3 Å². The number of thiazole rings is 1. The standard InChI is InChI=1S/C16H18FN3O5S2/c1-9-14(10-5-6-12(11(17)8-10)27(2,24)25)26-16(19-9)20-15(23)18-7-3-4-13(21)22/h5-6,8H,3-4,7H2,1-2H3,(H,21,22)(H2,18,19,20,23). The maximum Gasteiger partial charge on any atom is 0.321 e. The number of hydrogen-bond acceptors (Lipinski definition) is 6. The molecule has 0 aliphatic heterocycles. The summed E-state index contributed by atoms with van der Waals surface area (Å²) < 4.78 is 37.1. The summed E-state index contributed by atoms with van der Waals surface area (Å²) in [5.41, 5.74) is 0.998. The number of carboxylic acids is 1. The molecule has 146 valence electrons. The average Bonchev–Trinajstić information content (AvgIpc) is 2.90. The van der Waals surface area contributed by atoms with Crippen LogP contribution in [-0.2, 0) is 14.6 Å². The Bertz CT molecular complexity index is 972. The van der Waals surface area contributed by atoms with Crippen molar-refractivity contribution in [3.63, 3.8) is 0 Å². The van der Waals surface area contributed by atoms with Gasteiger partial charge in [0.2, 0.25) is 0 Å². The van der Waals surface area contributed by atoms with Crippen molar-refractivity contribution in [1.29, 1.82) is 0 Å². The first kappa shape index (κ1) is 20.8. The number of anilines is 1. The molecular formula is C16H18FN3O5S2. The topological polar surface area (TPSA) is 125 Å². The van der Waals surface area contributed by atoms with Crippen molar-refractivity contribution in [3.8, 4) is 10.4 Å². The number of nitrogens with one attached hydrogen (secondary N) is 2. The maximum absolute atomic E-state index is 14.1. The number of nitrogens with zero attached hydrogens (tertiary/aromatic N) is 1. The van der Waals surface area contributed by atoms with Crippen molar-refractivity contribution < 1.29 is 27.5 Å². The van der Waals surface area contributed by atoms with Crippen LogP contribution < -0.4 is 10.6 Å². The number of amides is 2. The van der Waals surface area contributed by atoms with Crippen molar-refractivity contribution in [2.45, 2.75) is 24.7 Å². The molecule has 3 N–H and O–H groups in total. The summed E-state index contributed by atoms with van der Waals surface area (Å²) in [6.45, 7) is 1.89. The zero-order valence-electron chi connectivity index (χ0n) is 14.6. The van der Waals surface area contributed by atoms with Gasteiger partial charge in [-0.3, -0.25) is 10.1 Å². The first-order chi connectivity index (χ1) is 12.6. The van der Waals surface area contributed by atoms with E-state index in [9.17, 15) is 22.4 Å². The van der Waals surface area contributed by atoms with Gasteiger partial charge >= 0.3 is 12.0 Å². The van der Waals surface area contributed by atoms with E-state index in [-0.39, 0.29) is 23.0 Å². The fraction of sp³-hybridized carbons (Fsp3) is 0.312. The molecule has 0 saturated carbocycles. The lowest BCUT2D eigenvalue weighted by Crippen LogP contribution is -2.29. The SMILES string of the molecule is Cc1nc(NC(=O)NCCCC(=O)O)sc1-c1ccc(S(C)(=O)=O)c(F)c1. The van der Waals surface area contributed by atoms with E-state index < -0.39 is 27.7 Å². The molecule has 2 aromatic rings. The van der Waals surface area contributed by atoms with Gasteiger partial charge in [-0.2, -0.15) is 0 Å². The number of urea groups is 1. The number of aromatic nitrogens is 1. The number of benzene rings is 1. The molecule has 0 radical (unpaired) electrons. The van der Waals surface area contributed by atoms with E-state index in [1.54, 1.807) is 6.92 Å². The van der Waals surface area contributed by atoms with Gasteiger partial charge < -0.3 is 10.4 Å². The van der Waals surface area contributed by atoms with Gasteiger partial charge in [0.1, 0.15) is 10.7 Å². The van der Waals surface area contributed by atoms with Gasteiger partial charge in [-0.05, 0) is 31.0 Å². The predicted octanol–water partition coefficient (Wildman–Crippen LogP) is 2.65. The van der Waals surface area contributed by atoms with Gasteiger partial charge in [0.05, 0.1) is 10.6 Å². The van der Waals surface area contributed by atoms with E-state index in [0.717, 1.165) is 23.7 Å². The van der Waals surface area contributed by atoms with Crippen LogP contribution in [0.5, 0.6) is 0 Å². The number of sulfone groups is 1. The summed E-state index contributed by atoms with van der Waals surface area (Å²) in [5.74, 6) is -1.79. The molecule has 1 heterocycles. The number of aryl methyl sites for hydroxylation is 1. The summed E-state index contributed by atoms with van der Waals surface area (Å²) in [5, 5.41) is 13.9. The Morgan fingerprint density at radius 2 is 2.04 bits per heavy atom. The Labute approximate surface area is 159 Å². The third-order valence-electron chi connectivity index (χ3n) is 3.46. The molecule has 0 atom stereocenters. The molecule has 0 spiro atoms. The molecule has 0 fully saturated rings. The summed E-state index contributed by atoms with van der Waals surface area (Å²) in [6, 6.07) is 3.27. The van der Waals surface area contributed by atoms with E-state index in [1.807, 2.05) is 0 Å². The average molecular weight is 415 g/mol. The highest BCUT2D eigenvalue weighted by Crippen LogP contribution is 2.34. The summed E-state index contributed by atoms with van der Waals surface area (Å²) in [7, 11) is -3.66. The lowest BCUT2D eigenvalue weighted by atomic mass is 10.1. The molecule has 0 aliphatic carbocycles. The molecule has 1 aromatic carbocycles. The van der Waals surface area contributed by atoms with Crippen LogP contribution in [0.25, 0.3) is 10.4 Å². The number of carbonyl (C=O) groups excluding carboxylic acids is 1. The van der Waals surface area contributed by atoms with Crippen LogP contribution in [0, 0.1) is 12.7 Å². The van der Waals surface area contributed by atoms with Crippen LogP contribution in [0.3, 0.4) is 0 Å². The van der Waals surface area contributed by atoms with Crippen LogP contribution in [0.2, 0.25) is 0 Å². The molecule has 2 rings (SSSR count). The van der Waals surface area contributed by atoms with Gasteiger partial charge in [-0.25, -0.2) is 22.6 Å². The Balaban J connectivity index is 2.09. The summed E-state index contributed by atoms with van der Waals surface area (Å²) in [4.78, 5) is 26.6. The van der Waals surface area contributed by atoms with Crippen LogP contribution in [0.4, 0.5) is 14.3 Å². The minimum Gasteiger partial charge on any atom is -0.481 e. The summed E-state index contributed by atoms with van der Waals surface area (Å²) in [6.07, 6.45) is 1.19. The zero-order valence-corrected chi connectivity index (χ0v) is 16.2. The highest BCUT2D eigenvalue weighted by atomic mass is 32.2. The molecule has 2 amide bonds. The molecule has 0 unspecified atom stereocenters. The Morgan fingerprint density at radius 3 is 2.63 bits per heavy atom. The van der Waals surface area contributed by atoms with Gasteiger partial charge in [0.15, 0.2) is 15.0 Å². The van der Waals surface area contributed by atoms with E-state index in [0.29, 0.717) is 22.6 Å². The maximum atomic E-state index is 14.1. The molecule has 27 heavy (non-hydrogen) atoms. The molecule has 0 saturated heterocycles. The van der Waals surface area contributed by atoms with Crippen molar-refractivity contribution in [2.75, 3.05) is 18.1 Å². The number of aliphatic carboxylic acids is 1. The van der Waals surface area contributed by atoms with Crippen molar-refractivity contribution in [3.05, 3.63) is 29.7 Å². The summed E-state index contributed by atoms with van der Waals surface area (Å²) >= 11 is 1.11. The normalized spacial score (nSPS) is 11.2. The van der Waals surface area contributed by atoms with E-state index >= 15 is 0 Å². The van der Waals surface area contributed by atoms with Crippen LogP contribution >= 0.6 is 11.3 Å². The first-order valence-electron chi connectivity index (χ1n) is 7.82. The smallest absolute Gasteiger partial charge is 0.321 e. The second-order valence-electron chi connectivity index (χ2n) is 5.73. The van der Waals surface area contributed by atoms with Crippen LogP contribution in [-0.4, -0.2) is 43.3 Å². The van der Waals surface area contributed by atoms with E-state index in [4.69, 9.17) is 5.11 Å². The highest BCUT2D eigenvalue weighted by Gasteiger charge is 2.17. The molecule has 11 heteroatoms. The number of hydrogen-bond donors (Lipinski definition) is 3. The third-order valence-corrected chi connectivity index (χ3v) is 5.72. The first-order valence-corrected chi connectivity index (χ1v) is 10.5. The number of carbonyl (C=O) groups is 2. The third kappa shape index (κ3) is 5.73. The molecule has 1 aromatic heterocycles. The Hall–Kier alpha value is -2.53. The number of halogens is 1. The number of carboxylic acid groups (broad SMARTS) is 1. The molecule has 8 nitrogen and oxygen atoms in total. The predicted molar refractivity (Wildman–Crippen MR) is 99.2 cm³/mol. The van der Waals surface area contributed by atoms with E-state index in [2.05, 4.69) is 15.6 Å². The lowest BCUT2D eigenvalue weighted by molar-refractivity contribution is -0.137. The Kier molecular flexibility index (Phi) is 6.50. The van der Waals surface area contributed by atoms with Crippen molar-refractivity contribution in [2.24, 2.45) is 0 Å². The van der Waals surface area contributed by atoms with Gasteiger partial charge in [0.25, 0.3) is 0 Å². The molecule has 0 bridgehead atoms. The quantitative estimate of drug-likeness (QED) is 0.597. The minimum absolute atomic E-state index is 0.0458. The zero-order chi connectivity index (χ0) is 20.2. The van der Waals surface area contributed by atoms with E-state index in [1.165, 1.54) is 12.1 Å². The largest absolute Gasteiger partial charge is 0.481 e.